The molecule has 3 aromatic rings. The largest absolute Gasteiger partial charge is 0.496 e. The average molecular weight is 451 g/mol. The zero-order valence-corrected chi connectivity index (χ0v) is 18.8. The molecule has 0 aliphatic carbocycles. The minimum absolute atomic E-state index is 0.147. The summed E-state index contributed by atoms with van der Waals surface area (Å²) in [6.45, 7) is 1.83. The molecule has 0 bridgehead atoms. The maximum atomic E-state index is 13.8. The van der Waals surface area contributed by atoms with Gasteiger partial charge in [-0.3, -0.25) is 4.90 Å². The van der Waals surface area contributed by atoms with E-state index in [1.54, 1.807) is 29.0 Å². The van der Waals surface area contributed by atoms with E-state index in [0.717, 1.165) is 17.7 Å². The summed E-state index contributed by atoms with van der Waals surface area (Å²) in [6, 6.07) is 19.5. The zero-order valence-electron chi connectivity index (χ0n) is 18.8. The van der Waals surface area contributed by atoms with E-state index in [-0.39, 0.29) is 18.4 Å². The van der Waals surface area contributed by atoms with Crippen molar-refractivity contribution in [2.45, 2.75) is 19.6 Å². The number of nitrogens with zero attached hydrogens (tertiary/aromatic N) is 2. The highest BCUT2D eigenvalue weighted by atomic mass is 19.1. The molecule has 0 atom stereocenters. The van der Waals surface area contributed by atoms with Crippen LogP contribution in [0, 0.1) is 5.82 Å². The molecule has 2 amide bonds. The quantitative estimate of drug-likeness (QED) is 0.470. The van der Waals surface area contributed by atoms with Gasteiger partial charge >= 0.3 is 6.03 Å². The standard InChI is InChI=1S/C26H27FN2O4/c1-31-23-11-9-21(27)15-20(23)17-28-13-6-14-29(26(28)30)22-10-12-24(32-2)25(16-22)33-18-19-7-4-3-5-8-19/h3-5,7-12,15-16H,6,13-14,17-18H2,1-2H3. The Bertz CT molecular complexity index is 1110. The third-order valence-corrected chi connectivity index (χ3v) is 5.61. The zero-order chi connectivity index (χ0) is 23.2. The molecule has 1 saturated heterocycles. The molecule has 0 radical (unpaired) electrons. The Hall–Kier alpha value is -3.74. The predicted molar refractivity (Wildman–Crippen MR) is 124 cm³/mol. The summed E-state index contributed by atoms with van der Waals surface area (Å²) in [4.78, 5) is 16.7. The number of urea groups is 1. The van der Waals surface area contributed by atoms with Crippen LogP contribution in [0.15, 0.2) is 66.7 Å². The van der Waals surface area contributed by atoms with E-state index >= 15 is 0 Å². The molecule has 4 rings (SSSR count). The molecule has 0 aromatic heterocycles. The van der Waals surface area contributed by atoms with Crippen LogP contribution in [-0.4, -0.2) is 38.2 Å². The molecule has 0 saturated carbocycles. The Morgan fingerprint density at radius 1 is 0.879 bits per heavy atom. The highest BCUT2D eigenvalue weighted by molar-refractivity contribution is 5.93. The molecule has 0 N–H and O–H groups in total. The van der Waals surface area contributed by atoms with E-state index in [1.165, 1.54) is 19.2 Å². The SMILES string of the molecule is COc1ccc(F)cc1CN1CCCN(c2ccc(OC)c(OCc3ccccc3)c2)C1=O. The van der Waals surface area contributed by atoms with Gasteiger partial charge in [-0.25, -0.2) is 9.18 Å². The number of anilines is 1. The van der Waals surface area contributed by atoms with Crippen molar-refractivity contribution in [2.75, 3.05) is 32.2 Å². The lowest BCUT2D eigenvalue weighted by molar-refractivity contribution is 0.191. The Morgan fingerprint density at radius 2 is 1.64 bits per heavy atom. The van der Waals surface area contributed by atoms with Gasteiger partial charge in [-0.2, -0.15) is 0 Å². The number of amides is 2. The van der Waals surface area contributed by atoms with E-state index < -0.39 is 0 Å². The fraction of sp³-hybridized carbons (Fsp3) is 0.269. The number of hydrogen-bond acceptors (Lipinski definition) is 4. The summed E-state index contributed by atoms with van der Waals surface area (Å²) in [5.41, 5.74) is 2.39. The van der Waals surface area contributed by atoms with Crippen LogP contribution in [0.1, 0.15) is 17.5 Å². The Balaban J connectivity index is 1.53. The van der Waals surface area contributed by atoms with Crippen LogP contribution in [0.4, 0.5) is 14.9 Å². The molecule has 33 heavy (non-hydrogen) atoms. The number of hydrogen-bond donors (Lipinski definition) is 0. The fourth-order valence-electron chi connectivity index (χ4n) is 3.93. The second kappa shape index (κ2) is 10.3. The Morgan fingerprint density at radius 3 is 2.39 bits per heavy atom. The Labute approximate surface area is 193 Å². The van der Waals surface area contributed by atoms with Gasteiger partial charge in [-0.1, -0.05) is 30.3 Å². The van der Waals surface area contributed by atoms with Crippen molar-refractivity contribution in [1.82, 2.24) is 4.90 Å². The van der Waals surface area contributed by atoms with E-state index in [2.05, 4.69) is 0 Å². The van der Waals surface area contributed by atoms with Crippen LogP contribution in [0.5, 0.6) is 17.2 Å². The molecule has 7 heteroatoms. The van der Waals surface area contributed by atoms with Gasteiger partial charge in [0.15, 0.2) is 11.5 Å². The van der Waals surface area contributed by atoms with Crippen molar-refractivity contribution in [3.05, 3.63) is 83.7 Å². The van der Waals surface area contributed by atoms with Gasteiger partial charge in [0, 0.05) is 30.4 Å². The second-order valence-corrected chi connectivity index (χ2v) is 7.77. The van der Waals surface area contributed by atoms with Gasteiger partial charge in [0.25, 0.3) is 0 Å². The van der Waals surface area contributed by atoms with Crippen molar-refractivity contribution < 1.29 is 23.4 Å². The lowest BCUT2D eigenvalue weighted by Gasteiger charge is -2.36. The number of rotatable bonds is 8. The van der Waals surface area contributed by atoms with Crippen LogP contribution in [-0.2, 0) is 13.2 Å². The van der Waals surface area contributed by atoms with Gasteiger partial charge in [-0.15, -0.1) is 0 Å². The van der Waals surface area contributed by atoms with Crippen molar-refractivity contribution in [3.63, 3.8) is 0 Å². The molecule has 1 aliphatic heterocycles. The molecule has 6 nitrogen and oxygen atoms in total. The topological polar surface area (TPSA) is 51.2 Å². The summed E-state index contributed by atoms with van der Waals surface area (Å²) >= 11 is 0. The summed E-state index contributed by atoms with van der Waals surface area (Å²) in [7, 11) is 3.12. The molecular weight excluding hydrogens is 423 g/mol. The van der Waals surface area contributed by atoms with Gasteiger partial charge in [0.2, 0.25) is 0 Å². The summed E-state index contributed by atoms with van der Waals surface area (Å²) in [5, 5.41) is 0. The number of halogens is 1. The van der Waals surface area contributed by atoms with E-state index in [9.17, 15) is 9.18 Å². The van der Waals surface area contributed by atoms with E-state index in [1.807, 2.05) is 42.5 Å². The maximum absolute atomic E-state index is 13.8. The monoisotopic (exact) mass is 450 g/mol. The van der Waals surface area contributed by atoms with Gasteiger partial charge < -0.3 is 19.1 Å². The third-order valence-electron chi connectivity index (χ3n) is 5.61. The van der Waals surface area contributed by atoms with Gasteiger partial charge in [-0.05, 0) is 42.3 Å². The highest BCUT2D eigenvalue weighted by Gasteiger charge is 2.28. The fourth-order valence-corrected chi connectivity index (χ4v) is 3.93. The lowest BCUT2D eigenvalue weighted by Crippen LogP contribution is -2.49. The molecule has 0 unspecified atom stereocenters. The van der Waals surface area contributed by atoms with Crippen LogP contribution in [0.25, 0.3) is 0 Å². The number of methoxy groups -OCH3 is 2. The first-order valence-corrected chi connectivity index (χ1v) is 10.8. The molecule has 0 spiro atoms. The molecule has 1 heterocycles. The predicted octanol–water partition coefficient (Wildman–Crippen LogP) is 5.25. The smallest absolute Gasteiger partial charge is 0.324 e. The second-order valence-electron chi connectivity index (χ2n) is 7.77. The number of ether oxygens (including phenoxy) is 3. The molecule has 1 fully saturated rings. The van der Waals surface area contributed by atoms with Crippen LogP contribution < -0.4 is 19.1 Å². The maximum Gasteiger partial charge on any atom is 0.324 e. The van der Waals surface area contributed by atoms with Crippen molar-refractivity contribution >= 4 is 11.7 Å². The summed E-state index contributed by atoms with van der Waals surface area (Å²) in [5.74, 6) is 1.36. The first-order valence-electron chi connectivity index (χ1n) is 10.8. The summed E-state index contributed by atoms with van der Waals surface area (Å²) in [6.07, 6.45) is 0.787. The summed E-state index contributed by atoms with van der Waals surface area (Å²) < 4.78 is 30.6. The van der Waals surface area contributed by atoms with E-state index in [4.69, 9.17) is 14.2 Å². The van der Waals surface area contributed by atoms with Crippen molar-refractivity contribution in [1.29, 1.82) is 0 Å². The van der Waals surface area contributed by atoms with Crippen LogP contribution in [0.2, 0.25) is 0 Å². The van der Waals surface area contributed by atoms with E-state index in [0.29, 0.717) is 42.5 Å². The molecule has 172 valence electrons. The minimum Gasteiger partial charge on any atom is -0.496 e. The van der Waals surface area contributed by atoms with Crippen LogP contribution in [0.3, 0.4) is 0 Å². The Kier molecular flexibility index (Phi) is 6.98. The first kappa shape index (κ1) is 22.5. The minimum atomic E-state index is -0.359. The van der Waals surface area contributed by atoms with Gasteiger partial charge in [0.1, 0.15) is 18.2 Å². The van der Waals surface area contributed by atoms with Gasteiger partial charge in [0.05, 0.1) is 20.8 Å². The first-order chi connectivity index (χ1) is 16.1. The van der Waals surface area contributed by atoms with Crippen LogP contribution >= 0.6 is 0 Å². The number of carbonyl (C=O) groups is 1. The third kappa shape index (κ3) is 5.19. The average Bonchev–Trinajstić information content (AvgIpc) is 2.84. The lowest BCUT2D eigenvalue weighted by atomic mass is 10.1. The molecule has 3 aromatic carbocycles. The number of carbonyl (C=O) groups excluding carboxylic acids is 1. The highest BCUT2D eigenvalue weighted by Crippen LogP contribution is 2.34. The van der Waals surface area contributed by atoms with Crippen molar-refractivity contribution in [3.8, 4) is 17.2 Å². The van der Waals surface area contributed by atoms with Crippen molar-refractivity contribution in [2.24, 2.45) is 0 Å². The normalized spacial score (nSPS) is 13.7. The molecular formula is C26H27FN2O4. The molecule has 1 aliphatic rings. The number of benzene rings is 3.